The third-order valence-electron chi connectivity index (χ3n) is 3.00. The summed E-state index contributed by atoms with van der Waals surface area (Å²) < 4.78 is 13.1. The Hall–Kier alpha value is -1.50. The van der Waals surface area contributed by atoms with Crippen LogP contribution < -0.4 is 10.6 Å². The second-order valence-electron chi connectivity index (χ2n) is 4.40. The first-order valence-corrected chi connectivity index (χ1v) is 7.28. The molecule has 3 rings (SSSR count). The molecule has 1 aromatic heterocycles. The number of rotatable bonds is 2. The van der Waals surface area contributed by atoms with Crippen molar-refractivity contribution in [1.82, 2.24) is 10.3 Å². The van der Waals surface area contributed by atoms with E-state index in [1.165, 1.54) is 29.5 Å². The van der Waals surface area contributed by atoms with Gasteiger partial charge in [-0.1, -0.05) is 11.6 Å². The number of carbonyl (C=O) groups excluding carboxylic acids is 1. The van der Waals surface area contributed by atoms with E-state index in [9.17, 15) is 9.18 Å². The highest BCUT2D eigenvalue weighted by atomic mass is 35.5. The number of hydrogen-bond donors (Lipinski definition) is 2. The Morgan fingerprint density at radius 1 is 1.50 bits per heavy atom. The Labute approximate surface area is 124 Å². The first kappa shape index (κ1) is 13.5. The lowest BCUT2D eigenvalue weighted by Gasteiger charge is -2.09. The molecular formula is C13H11ClFN3OS. The van der Waals surface area contributed by atoms with Crippen molar-refractivity contribution < 1.29 is 9.18 Å². The van der Waals surface area contributed by atoms with E-state index in [0.717, 1.165) is 30.1 Å². The highest BCUT2D eigenvalue weighted by Gasteiger charge is 2.17. The minimum Gasteiger partial charge on any atom is -0.311 e. The van der Waals surface area contributed by atoms with Gasteiger partial charge in [-0.25, -0.2) is 9.37 Å². The van der Waals surface area contributed by atoms with E-state index in [0.29, 0.717) is 10.7 Å². The van der Waals surface area contributed by atoms with Crippen LogP contribution in [0.3, 0.4) is 0 Å². The number of fused-ring (bicyclic) bond motifs is 1. The van der Waals surface area contributed by atoms with Gasteiger partial charge in [-0.2, -0.15) is 0 Å². The average molecular weight is 312 g/mol. The number of nitrogens with one attached hydrogen (secondary N) is 2. The fourth-order valence-electron chi connectivity index (χ4n) is 1.99. The first-order valence-electron chi connectivity index (χ1n) is 6.09. The van der Waals surface area contributed by atoms with Crippen LogP contribution in [-0.4, -0.2) is 17.4 Å². The summed E-state index contributed by atoms with van der Waals surface area (Å²) in [7, 11) is 0. The lowest BCUT2D eigenvalue weighted by atomic mass is 10.2. The number of aromatic nitrogens is 1. The molecule has 1 aliphatic heterocycles. The number of benzene rings is 1. The number of hydrogen-bond acceptors (Lipinski definition) is 4. The fraction of sp³-hybridized carbons (Fsp3) is 0.231. The standard InChI is InChI=1S/C13H11ClFN3OS/c14-8-5-7(1-2-9(8)15)12(19)18-13-17-10-3-4-16-6-11(10)20-13/h1-2,5,16H,3-4,6H2,(H,17,18,19). The largest absolute Gasteiger partial charge is 0.311 e. The molecule has 0 radical (unpaired) electrons. The molecule has 1 amide bonds. The molecule has 2 aromatic rings. The van der Waals surface area contributed by atoms with Gasteiger partial charge in [0.15, 0.2) is 5.13 Å². The molecule has 0 fully saturated rings. The molecule has 2 N–H and O–H groups in total. The summed E-state index contributed by atoms with van der Waals surface area (Å²) in [6.45, 7) is 1.68. The number of nitrogens with zero attached hydrogens (tertiary/aromatic N) is 1. The van der Waals surface area contributed by atoms with Crippen molar-refractivity contribution in [3.63, 3.8) is 0 Å². The van der Waals surface area contributed by atoms with E-state index in [2.05, 4.69) is 15.6 Å². The quantitative estimate of drug-likeness (QED) is 0.896. The molecule has 0 unspecified atom stereocenters. The molecule has 2 heterocycles. The molecule has 7 heteroatoms. The summed E-state index contributed by atoms with van der Waals surface area (Å²) in [4.78, 5) is 17.6. The van der Waals surface area contributed by atoms with E-state index in [4.69, 9.17) is 11.6 Å². The maximum Gasteiger partial charge on any atom is 0.257 e. The van der Waals surface area contributed by atoms with Crippen LogP contribution in [0, 0.1) is 5.82 Å². The zero-order valence-electron chi connectivity index (χ0n) is 10.4. The summed E-state index contributed by atoms with van der Waals surface area (Å²) in [5, 5.41) is 6.46. The molecule has 0 bridgehead atoms. The van der Waals surface area contributed by atoms with Gasteiger partial charge in [0.25, 0.3) is 5.91 Å². The Kier molecular flexibility index (Phi) is 3.69. The second kappa shape index (κ2) is 5.47. The predicted molar refractivity (Wildman–Crippen MR) is 76.9 cm³/mol. The topological polar surface area (TPSA) is 54.0 Å². The Morgan fingerprint density at radius 2 is 2.35 bits per heavy atom. The van der Waals surface area contributed by atoms with E-state index >= 15 is 0 Å². The van der Waals surface area contributed by atoms with Crippen LogP contribution in [0.1, 0.15) is 20.9 Å². The zero-order chi connectivity index (χ0) is 14.1. The number of carbonyl (C=O) groups is 1. The first-order chi connectivity index (χ1) is 9.63. The Balaban J connectivity index is 1.78. The van der Waals surface area contributed by atoms with E-state index in [1.807, 2.05) is 0 Å². The van der Waals surface area contributed by atoms with Crippen molar-refractivity contribution in [3.05, 3.63) is 45.2 Å². The molecule has 0 spiro atoms. The maximum atomic E-state index is 13.1. The third-order valence-corrected chi connectivity index (χ3v) is 4.31. The highest BCUT2D eigenvalue weighted by Crippen LogP contribution is 2.26. The third kappa shape index (κ3) is 2.67. The zero-order valence-corrected chi connectivity index (χ0v) is 11.9. The van der Waals surface area contributed by atoms with Crippen molar-refractivity contribution in [2.24, 2.45) is 0 Å². The summed E-state index contributed by atoms with van der Waals surface area (Å²) in [6, 6.07) is 3.88. The lowest BCUT2D eigenvalue weighted by Crippen LogP contribution is -2.22. The molecule has 4 nitrogen and oxygen atoms in total. The van der Waals surface area contributed by atoms with Gasteiger partial charge >= 0.3 is 0 Å². The van der Waals surface area contributed by atoms with Gasteiger partial charge in [0, 0.05) is 30.0 Å². The van der Waals surface area contributed by atoms with Gasteiger partial charge in [0.1, 0.15) is 5.82 Å². The molecular weight excluding hydrogens is 301 g/mol. The summed E-state index contributed by atoms with van der Waals surface area (Å²) in [5.41, 5.74) is 1.34. The molecule has 0 saturated heterocycles. The summed E-state index contributed by atoms with van der Waals surface area (Å²) >= 11 is 7.12. The normalized spacial score (nSPS) is 13.9. The molecule has 20 heavy (non-hydrogen) atoms. The maximum absolute atomic E-state index is 13.1. The van der Waals surface area contributed by atoms with Crippen molar-refractivity contribution >= 4 is 34.0 Å². The SMILES string of the molecule is O=C(Nc1nc2c(s1)CNCC2)c1ccc(F)c(Cl)c1. The minimum atomic E-state index is -0.543. The number of amides is 1. The molecule has 1 aromatic carbocycles. The van der Waals surface area contributed by atoms with Crippen LogP contribution in [-0.2, 0) is 13.0 Å². The van der Waals surface area contributed by atoms with Gasteiger partial charge in [-0.3, -0.25) is 10.1 Å². The number of halogens is 2. The van der Waals surface area contributed by atoms with Crippen molar-refractivity contribution in [1.29, 1.82) is 0 Å². The van der Waals surface area contributed by atoms with Crippen molar-refractivity contribution in [2.75, 3.05) is 11.9 Å². The van der Waals surface area contributed by atoms with Gasteiger partial charge < -0.3 is 5.32 Å². The lowest BCUT2D eigenvalue weighted by molar-refractivity contribution is 0.102. The van der Waals surface area contributed by atoms with Crippen LogP contribution in [0.5, 0.6) is 0 Å². The summed E-state index contributed by atoms with van der Waals surface area (Å²) in [6.07, 6.45) is 0.865. The smallest absolute Gasteiger partial charge is 0.257 e. The minimum absolute atomic E-state index is 0.0692. The van der Waals surface area contributed by atoms with Gasteiger partial charge in [0.05, 0.1) is 10.7 Å². The van der Waals surface area contributed by atoms with Crippen LogP contribution >= 0.6 is 22.9 Å². The van der Waals surface area contributed by atoms with E-state index in [1.54, 1.807) is 0 Å². The van der Waals surface area contributed by atoms with Crippen molar-refractivity contribution in [2.45, 2.75) is 13.0 Å². The predicted octanol–water partition coefficient (Wildman–Crippen LogP) is 2.83. The van der Waals surface area contributed by atoms with Gasteiger partial charge in [-0.05, 0) is 18.2 Å². The molecule has 104 valence electrons. The fourth-order valence-corrected chi connectivity index (χ4v) is 3.14. The summed E-state index contributed by atoms with van der Waals surface area (Å²) in [5.74, 6) is -0.884. The molecule has 1 aliphatic rings. The monoisotopic (exact) mass is 311 g/mol. The molecule has 0 saturated carbocycles. The van der Waals surface area contributed by atoms with Crippen LogP contribution in [0.4, 0.5) is 9.52 Å². The number of anilines is 1. The van der Waals surface area contributed by atoms with Gasteiger partial charge in [-0.15, -0.1) is 11.3 Å². The van der Waals surface area contributed by atoms with Crippen molar-refractivity contribution in [3.8, 4) is 0 Å². The van der Waals surface area contributed by atoms with Crippen LogP contribution in [0.25, 0.3) is 0 Å². The number of thiazole rings is 1. The highest BCUT2D eigenvalue weighted by molar-refractivity contribution is 7.15. The van der Waals surface area contributed by atoms with E-state index in [-0.39, 0.29) is 10.9 Å². The second-order valence-corrected chi connectivity index (χ2v) is 5.89. The molecule has 0 atom stereocenters. The Morgan fingerprint density at radius 3 is 3.10 bits per heavy atom. The van der Waals surface area contributed by atoms with Crippen LogP contribution in [0.2, 0.25) is 5.02 Å². The van der Waals surface area contributed by atoms with Crippen LogP contribution in [0.15, 0.2) is 18.2 Å². The van der Waals surface area contributed by atoms with Gasteiger partial charge in [0.2, 0.25) is 0 Å². The van der Waals surface area contributed by atoms with E-state index < -0.39 is 5.82 Å². The Bertz CT molecular complexity index is 650. The average Bonchev–Trinajstić information content (AvgIpc) is 2.83. The molecule has 0 aliphatic carbocycles.